The number of carboxylic acid groups (broad SMARTS) is 1. The highest BCUT2D eigenvalue weighted by Gasteiger charge is 2.16. The molecular formula is C19H19NO2. The van der Waals surface area contributed by atoms with Crippen molar-refractivity contribution in [2.24, 2.45) is 0 Å². The van der Waals surface area contributed by atoms with Crippen LogP contribution in [0, 0.1) is 6.92 Å². The third kappa shape index (κ3) is 2.39. The molecule has 3 rings (SSSR count). The SMILES string of the molecule is Cc1ccc(-c2ccc3c(C(=O)O)cn(C(C)C)c3c2)cc1. The van der Waals surface area contributed by atoms with Crippen LogP contribution in [0.3, 0.4) is 0 Å². The van der Waals surface area contributed by atoms with E-state index < -0.39 is 5.97 Å². The summed E-state index contributed by atoms with van der Waals surface area (Å²) in [5.41, 5.74) is 4.79. The fourth-order valence-corrected chi connectivity index (χ4v) is 2.77. The minimum absolute atomic E-state index is 0.212. The third-order valence-corrected chi connectivity index (χ3v) is 4.01. The molecule has 0 saturated carbocycles. The minimum atomic E-state index is -0.882. The molecule has 0 unspecified atom stereocenters. The highest BCUT2D eigenvalue weighted by atomic mass is 16.4. The summed E-state index contributed by atoms with van der Waals surface area (Å²) in [4.78, 5) is 11.4. The number of aryl methyl sites for hydroxylation is 1. The van der Waals surface area contributed by atoms with Gasteiger partial charge in [-0.15, -0.1) is 0 Å². The number of nitrogens with zero attached hydrogens (tertiary/aromatic N) is 1. The molecule has 0 atom stereocenters. The molecule has 0 saturated heterocycles. The van der Waals surface area contributed by atoms with Crippen molar-refractivity contribution >= 4 is 16.9 Å². The van der Waals surface area contributed by atoms with Crippen molar-refractivity contribution in [2.75, 3.05) is 0 Å². The fourth-order valence-electron chi connectivity index (χ4n) is 2.77. The van der Waals surface area contributed by atoms with Crippen LogP contribution in [0.4, 0.5) is 0 Å². The van der Waals surface area contributed by atoms with Gasteiger partial charge in [0.05, 0.1) is 5.56 Å². The van der Waals surface area contributed by atoms with E-state index in [4.69, 9.17) is 0 Å². The Bertz CT molecular complexity index is 842. The Morgan fingerprint density at radius 3 is 2.27 bits per heavy atom. The molecule has 3 heteroatoms. The van der Waals surface area contributed by atoms with Crippen molar-refractivity contribution in [3.05, 3.63) is 59.8 Å². The number of carbonyl (C=O) groups is 1. The molecule has 3 aromatic rings. The molecule has 1 heterocycles. The lowest BCUT2D eigenvalue weighted by molar-refractivity contribution is 0.0699. The monoisotopic (exact) mass is 293 g/mol. The van der Waals surface area contributed by atoms with E-state index in [1.165, 1.54) is 5.56 Å². The average Bonchev–Trinajstić information content (AvgIpc) is 2.87. The Morgan fingerprint density at radius 2 is 1.68 bits per heavy atom. The number of aromatic carboxylic acids is 1. The zero-order valence-corrected chi connectivity index (χ0v) is 13.0. The van der Waals surface area contributed by atoms with Crippen molar-refractivity contribution in [2.45, 2.75) is 26.8 Å². The first-order valence-electron chi connectivity index (χ1n) is 7.42. The number of hydrogen-bond acceptors (Lipinski definition) is 1. The van der Waals surface area contributed by atoms with Gasteiger partial charge in [-0.2, -0.15) is 0 Å². The summed E-state index contributed by atoms with van der Waals surface area (Å²) in [6, 6.07) is 14.6. The first-order chi connectivity index (χ1) is 10.5. The van der Waals surface area contributed by atoms with Crippen molar-refractivity contribution < 1.29 is 9.90 Å². The van der Waals surface area contributed by atoms with Crippen LogP contribution in [0.25, 0.3) is 22.0 Å². The van der Waals surface area contributed by atoms with Gasteiger partial charge in [-0.05, 0) is 38.0 Å². The summed E-state index contributed by atoms with van der Waals surface area (Å²) in [7, 11) is 0. The van der Waals surface area contributed by atoms with E-state index in [-0.39, 0.29) is 6.04 Å². The summed E-state index contributed by atoms with van der Waals surface area (Å²) in [6.07, 6.45) is 1.73. The van der Waals surface area contributed by atoms with Crippen LogP contribution in [-0.4, -0.2) is 15.6 Å². The summed E-state index contributed by atoms with van der Waals surface area (Å²) >= 11 is 0. The number of aromatic nitrogens is 1. The van der Waals surface area contributed by atoms with Crippen LogP contribution in [0.1, 0.15) is 35.8 Å². The Hall–Kier alpha value is -2.55. The number of rotatable bonds is 3. The zero-order chi connectivity index (χ0) is 15.9. The summed E-state index contributed by atoms with van der Waals surface area (Å²) in [6.45, 7) is 6.18. The number of benzene rings is 2. The maximum atomic E-state index is 11.4. The van der Waals surface area contributed by atoms with Crippen LogP contribution in [0.2, 0.25) is 0 Å². The predicted octanol–water partition coefficient (Wildman–Crippen LogP) is 4.90. The lowest BCUT2D eigenvalue weighted by Gasteiger charge is -2.10. The van der Waals surface area contributed by atoms with Gasteiger partial charge in [-0.25, -0.2) is 4.79 Å². The zero-order valence-electron chi connectivity index (χ0n) is 13.0. The van der Waals surface area contributed by atoms with E-state index in [9.17, 15) is 9.90 Å². The second-order valence-electron chi connectivity index (χ2n) is 5.95. The molecule has 0 fully saturated rings. The Kier molecular flexibility index (Phi) is 3.49. The van der Waals surface area contributed by atoms with E-state index in [0.29, 0.717) is 5.56 Å². The standard InChI is InChI=1S/C19H19NO2/c1-12(2)20-11-17(19(21)22)16-9-8-15(10-18(16)20)14-6-4-13(3)5-7-14/h4-12H,1-3H3,(H,21,22). The van der Waals surface area contributed by atoms with Crippen molar-refractivity contribution in [1.82, 2.24) is 4.57 Å². The van der Waals surface area contributed by atoms with E-state index in [1.54, 1.807) is 6.20 Å². The van der Waals surface area contributed by atoms with Gasteiger partial charge in [0.25, 0.3) is 0 Å². The normalized spacial score (nSPS) is 11.3. The Balaban J connectivity index is 2.22. The van der Waals surface area contributed by atoms with Crippen molar-refractivity contribution in [3.8, 4) is 11.1 Å². The van der Waals surface area contributed by atoms with Gasteiger partial charge in [0.15, 0.2) is 0 Å². The molecule has 0 bridgehead atoms. The van der Waals surface area contributed by atoms with E-state index in [0.717, 1.165) is 22.0 Å². The van der Waals surface area contributed by atoms with Crippen LogP contribution in [-0.2, 0) is 0 Å². The molecule has 0 radical (unpaired) electrons. The molecule has 0 amide bonds. The first kappa shape index (κ1) is 14.4. The summed E-state index contributed by atoms with van der Waals surface area (Å²) in [5, 5.41) is 10.2. The molecule has 1 N–H and O–H groups in total. The molecule has 3 nitrogen and oxygen atoms in total. The molecule has 22 heavy (non-hydrogen) atoms. The lowest BCUT2D eigenvalue weighted by Crippen LogP contribution is -1.99. The maximum Gasteiger partial charge on any atom is 0.337 e. The quantitative estimate of drug-likeness (QED) is 0.746. The highest BCUT2D eigenvalue weighted by molar-refractivity contribution is 6.04. The molecule has 0 aliphatic carbocycles. The van der Waals surface area contributed by atoms with Crippen LogP contribution in [0.15, 0.2) is 48.7 Å². The van der Waals surface area contributed by atoms with Gasteiger partial charge in [-0.3, -0.25) is 0 Å². The minimum Gasteiger partial charge on any atom is -0.478 e. The molecule has 0 aliphatic rings. The average molecular weight is 293 g/mol. The molecule has 1 aromatic heterocycles. The van der Waals surface area contributed by atoms with Crippen molar-refractivity contribution in [1.29, 1.82) is 0 Å². The third-order valence-electron chi connectivity index (χ3n) is 4.01. The summed E-state index contributed by atoms with van der Waals surface area (Å²) < 4.78 is 2.02. The molecule has 2 aromatic carbocycles. The second kappa shape index (κ2) is 5.34. The predicted molar refractivity (Wildman–Crippen MR) is 89.5 cm³/mol. The van der Waals surface area contributed by atoms with Crippen LogP contribution < -0.4 is 0 Å². The molecule has 112 valence electrons. The first-order valence-corrected chi connectivity index (χ1v) is 7.42. The summed E-state index contributed by atoms with van der Waals surface area (Å²) in [5.74, 6) is -0.882. The van der Waals surface area contributed by atoms with Gasteiger partial charge in [0, 0.05) is 23.1 Å². The van der Waals surface area contributed by atoms with Gasteiger partial charge in [0.1, 0.15) is 0 Å². The smallest absolute Gasteiger partial charge is 0.337 e. The number of hydrogen-bond donors (Lipinski definition) is 1. The molecular weight excluding hydrogens is 274 g/mol. The topological polar surface area (TPSA) is 42.2 Å². The lowest BCUT2D eigenvalue weighted by atomic mass is 10.0. The highest BCUT2D eigenvalue weighted by Crippen LogP contribution is 2.30. The van der Waals surface area contributed by atoms with Crippen LogP contribution in [0.5, 0.6) is 0 Å². The van der Waals surface area contributed by atoms with Gasteiger partial charge in [-0.1, -0.05) is 42.0 Å². The maximum absolute atomic E-state index is 11.4. The molecule has 0 aliphatic heterocycles. The van der Waals surface area contributed by atoms with Gasteiger partial charge in [0.2, 0.25) is 0 Å². The van der Waals surface area contributed by atoms with E-state index >= 15 is 0 Å². The number of carboxylic acids is 1. The van der Waals surface area contributed by atoms with E-state index in [2.05, 4.69) is 51.1 Å². The van der Waals surface area contributed by atoms with E-state index in [1.807, 2.05) is 16.7 Å². The fraction of sp³-hybridized carbons (Fsp3) is 0.211. The van der Waals surface area contributed by atoms with Gasteiger partial charge < -0.3 is 9.67 Å². The largest absolute Gasteiger partial charge is 0.478 e. The van der Waals surface area contributed by atoms with Crippen molar-refractivity contribution in [3.63, 3.8) is 0 Å². The second-order valence-corrected chi connectivity index (χ2v) is 5.95. The number of fused-ring (bicyclic) bond motifs is 1. The Labute approximate surface area is 129 Å². The molecule has 0 spiro atoms. The Morgan fingerprint density at radius 1 is 1.05 bits per heavy atom. The van der Waals surface area contributed by atoms with Gasteiger partial charge >= 0.3 is 5.97 Å². The van der Waals surface area contributed by atoms with Crippen LogP contribution >= 0.6 is 0 Å².